The molecule has 0 aliphatic heterocycles. The fraction of sp³-hybridized carbons (Fsp3) is 0.818. The molecule has 0 aromatic heterocycles. The molecule has 0 aromatic carbocycles. The molecule has 16 heavy (non-hydrogen) atoms. The van der Waals surface area contributed by atoms with E-state index in [1.807, 2.05) is 0 Å². The molecule has 0 heterocycles. The van der Waals surface area contributed by atoms with Gasteiger partial charge in [0, 0.05) is 6.04 Å². The van der Waals surface area contributed by atoms with E-state index in [0.717, 1.165) is 6.42 Å². The molecule has 0 saturated heterocycles. The minimum absolute atomic E-state index is 0.129. The first-order valence-electron chi connectivity index (χ1n) is 5.54. The number of urea groups is 1. The lowest BCUT2D eigenvalue weighted by Crippen LogP contribution is -2.49. The first kappa shape index (κ1) is 12.8. The number of rotatable bonds is 4. The number of amides is 2. The average Bonchev–Trinajstić information content (AvgIpc) is 2.68. The number of carbonyl (C=O) groups excluding carboxylic acids is 1. The summed E-state index contributed by atoms with van der Waals surface area (Å²) >= 11 is 0. The monoisotopic (exact) mass is 228 g/mol. The molecule has 5 nitrogen and oxygen atoms in total. The second-order valence-electron chi connectivity index (χ2n) is 5.42. The SMILES string of the molecule is CC(C)C(NC(=O)NC1CC1(C)C)C(=O)O. The lowest BCUT2D eigenvalue weighted by Gasteiger charge is -2.18. The van der Waals surface area contributed by atoms with Crippen LogP contribution in [0, 0.1) is 11.3 Å². The molecule has 0 bridgehead atoms. The largest absolute Gasteiger partial charge is 0.480 e. The summed E-state index contributed by atoms with van der Waals surface area (Å²) in [5.74, 6) is -1.13. The molecule has 1 aliphatic rings. The van der Waals surface area contributed by atoms with Crippen LogP contribution in [0.1, 0.15) is 34.1 Å². The van der Waals surface area contributed by atoms with E-state index in [2.05, 4.69) is 24.5 Å². The van der Waals surface area contributed by atoms with Gasteiger partial charge in [-0.25, -0.2) is 9.59 Å². The minimum atomic E-state index is -1.000. The van der Waals surface area contributed by atoms with Crippen molar-refractivity contribution in [2.45, 2.75) is 46.2 Å². The molecule has 1 aliphatic carbocycles. The van der Waals surface area contributed by atoms with Crippen LogP contribution in [0.2, 0.25) is 0 Å². The Balaban J connectivity index is 2.41. The van der Waals surface area contributed by atoms with E-state index >= 15 is 0 Å². The van der Waals surface area contributed by atoms with Crippen LogP contribution in [0.4, 0.5) is 4.79 Å². The van der Waals surface area contributed by atoms with Gasteiger partial charge in [0.1, 0.15) is 6.04 Å². The van der Waals surface area contributed by atoms with Crippen LogP contribution in [-0.4, -0.2) is 29.2 Å². The van der Waals surface area contributed by atoms with Crippen LogP contribution in [0.3, 0.4) is 0 Å². The first-order valence-corrected chi connectivity index (χ1v) is 5.54. The molecule has 92 valence electrons. The second kappa shape index (κ2) is 4.31. The van der Waals surface area contributed by atoms with E-state index in [9.17, 15) is 9.59 Å². The standard InChI is InChI=1S/C11H20N2O3/c1-6(2)8(9(14)15)13-10(16)12-7-5-11(7,3)4/h6-8H,5H2,1-4H3,(H,14,15)(H2,12,13,16). The predicted molar refractivity (Wildman–Crippen MR) is 60.1 cm³/mol. The smallest absolute Gasteiger partial charge is 0.326 e. The highest BCUT2D eigenvalue weighted by atomic mass is 16.4. The summed E-state index contributed by atoms with van der Waals surface area (Å²) in [5.41, 5.74) is 0.147. The normalized spacial score (nSPS) is 23.7. The lowest BCUT2D eigenvalue weighted by molar-refractivity contribution is -0.140. The van der Waals surface area contributed by atoms with Crippen molar-refractivity contribution < 1.29 is 14.7 Å². The number of aliphatic carboxylic acids is 1. The van der Waals surface area contributed by atoms with Crippen molar-refractivity contribution >= 4 is 12.0 Å². The van der Waals surface area contributed by atoms with Gasteiger partial charge in [-0.2, -0.15) is 0 Å². The zero-order chi connectivity index (χ0) is 12.5. The Hall–Kier alpha value is -1.26. The van der Waals surface area contributed by atoms with Crippen molar-refractivity contribution in [2.24, 2.45) is 11.3 Å². The summed E-state index contributed by atoms with van der Waals surface area (Å²) in [6.45, 7) is 7.66. The molecule has 1 fully saturated rings. The van der Waals surface area contributed by atoms with Crippen LogP contribution >= 0.6 is 0 Å². The Morgan fingerprint density at radius 1 is 1.38 bits per heavy atom. The van der Waals surface area contributed by atoms with Gasteiger partial charge in [-0.3, -0.25) is 0 Å². The summed E-state index contributed by atoms with van der Waals surface area (Å²) in [7, 11) is 0. The highest BCUT2D eigenvalue weighted by Crippen LogP contribution is 2.44. The minimum Gasteiger partial charge on any atom is -0.480 e. The van der Waals surface area contributed by atoms with Gasteiger partial charge in [0.2, 0.25) is 0 Å². The molecule has 3 N–H and O–H groups in total. The Labute approximate surface area is 95.6 Å². The molecule has 2 amide bonds. The van der Waals surface area contributed by atoms with Crippen molar-refractivity contribution in [2.75, 3.05) is 0 Å². The maximum absolute atomic E-state index is 11.5. The first-order chi connectivity index (χ1) is 7.24. The molecule has 2 unspecified atom stereocenters. The van der Waals surface area contributed by atoms with Crippen molar-refractivity contribution in [3.63, 3.8) is 0 Å². The van der Waals surface area contributed by atoms with Gasteiger partial charge in [0.25, 0.3) is 0 Å². The van der Waals surface area contributed by atoms with E-state index in [4.69, 9.17) is 5.11 Å². The van der Waals surface area contributed by atoms with Crippen LogP contribution in [-0.2, 0) is 4.79 Å². The van der Waals surface area contributed by atoms with E-state index in [0.29, 0.717) is 0 Å². The molecular weight excluding hydrogens is 208 g/mol. The lowest BCUT2D eigenvalue weighted by atomic mass is 10.1. The van der Waals surface area contributed by atoms with Gasteiger partial charge in [-0.1, -0.05) is 27.7 Å². The van der Waals surface area contributed by atoms with Crippen LogP contribution < -0.4 is 10.6 Å². The number of carboxylic acid groups (broad SMARTS) is 1. The molecule has 0 radical (unpaired) electrons. The summed E-state index contributed by atoms with van der Waals surface area (Å²) in [6.07, 6.45) is 0.944. The Kier molecular flexibility index (Phi) is 3.45. The number of nitrogens with one attached hydrogen (secondary N) is 2. The molecule has 2 atom stereocenters. The highest BCUT2D eigenvalue weighted by molar-refractivity contribution is 5.83. The summed E-state index contributed by atoms with van der Waals surface area (Å²) in [6, 6.07) is -1.06. The summed E-state index contributed by atoms with van der Waals surface area (Å²) in [4.78, 5) is 22.4. The molecule has 5 heteroatoms. The Bertz CT molecular complexity index is 300. The van der Waals surface area contributed by atoms with Gasteiger partial charge < -0.3 is 15.7 Å². The zero-order valence-corrected chi connectivity index (χ0v) is 10.2. The van der Waals surface area contributed by atoms with Gasteiger partial charge in [0.05, 0.1) is 0 Å². The molecular formula is C11H20N2O3. The quantitative estimate of drug-likeness (QED) is 0.676. The molecule has 0 spiro atoms. The van der Waals surface area contributed by atoms with Gasteiger partial charge in [-0.05, 0) is 17.8 Å². The van der Waals surface area contributed by atoms with Crippen LogP contribution in [0.25, 0.3) is 0 Å². The number of carboxylic acids is 1. The van der Waals surface area contributed by atoms with Crippen molar-refractivity contribution in [3.8, 4) is 0 Å². The third-order valence-corrected chi connectivity index (χ3v) is 3.04. The van der Waals surface area contributed by atoms with Crippen LogP contribution in [0.15, 0.2) is 0 Å². The van der Waals surface area contributed by atoms with Crippen molar-refractivity contribution in [1.82, 2.24) is 10.6 Å². The maximum Gasteiger partial charge on any atom is 0.326 e. The van der Waals surface area contributed by atoms with Gasteiger partial charge in [-0.15, -0.1) is 0 Å². The summed E-state index contributed by atoms with van der Waals surface area (Å²) in [5, 5.41) is 14.1. The van der Waals surface area contributed by atoms with Crippen molar-refractivity contribution in [1.29, 1.82) is 0 Å². The van der Waals surface area contributed by atoms with Gasteiger partial charge >= 0.3 is 12.0 Å². The Morgan fingerprint density at radius 3 is 2.19 bits per heavy atom. The second-order valence-corrected chi connectivity index (χ2v) is 5.42. The van der Waals surface area contributed by atoms with E-state index < -0.39 is 18.0 Å². The predicted octanol–water partition coefficient (Wildman–Crippen LogP) is 1.19. The Morgan fingerprint density at radius 2 is 1.88 bits per heavy atom. The van der Waals surface area contributed by atoms with E-state index in [1.165, 1.54) is 0 Å². The van der Waals surface area contributed by atoms with Crippen molar-refractivity contribution in [3.05, 3.63) is 0 Å². The molecule has 1 rings (SSSR count). The number of hydrogen-bond donors (Lipinski definition) is 3. The van der Waals surface area contributed by atoms with Crippen LogP contribution in [0.5, 0.6) is 0 Å². The summed E-state index contributed by atoms with van der Waals surface area (Å²) < 4.78 is 0. The fourth-order valence-electron chi connectivity index (χ4n) is 1.57. The van der Waals surface area contributed by atoms with Gasteiger partial charge in [0.15, 0.2) is 0 Å². The number of hydrogen-bond acceptors (Lipinski definition) is 2. The molecule has 0 aromatic rings. The number of carbonyl (C=O) groups is 2. The third kappa shape index (κ3) is 3.12. The zero-order valence-electron chi connectivity index (χ0n) is 10.2. The fourth-order valence-corrected chi connectivity index (χ4v) is 1.57. The third-order valence-electron chi connectivity index (χ3n) is 3.04. The molecule has 1 saturated carbocycles. The topological polar surface area (TPSA) is 78.4 Å². The maximum atomic E-state index is 11.5. The van der Waals surface area contributed by atoms with E-state index in [-0.39, 0.29) is 17.4 Å². The highest BCUT2D eigenvalue weighted by Gasteiger charge is 2.46. The average molecular weight is 228 g/mol. The van der Waals surface area contributed by atoms with E-state index in [1.54, 1.807) is 13.8 Å².